The molecule has 5 nitrogen and oxygen atoms in total. The van der Waals surface area contributed by atoms with E-state index in [1.54, 1.807) is 13.5 Å². The molecule has 5 heteroatoms. The fourth-order valence-electron chi connectivity index (χ4n) is 4.00. The van der Waals surface area contributed by atoms with Crippen molar-refractivity contribution in [3.8, 4) is 11.5 Å². The predicted molar refractivity (Wildman–Crippen MR) is 110 cm³/mol. The lowest BCUT2D eigenvalue weighted by Gasteiger charge is -2.33. The van der Waals surface area contributed by atoms with Crippen LogP contribution in [-0.4, -0.2) is 48.8 Å². The van der Waals surface area contributed by atoms with Crippen molar-refractivity contribution in [2.45, 2.75) is 58.5 Å². The van der Waals surface area contributed by atoms with Gasteiger partial charge in [-0.05, 0) is 49.8 Å². The zero-order valence-corrected chi connectivity index (χ0v) is 17.6. The van der Waals surface area contributed by atoms with Crippen molar-refractivity contribution in [3.05, 3.63) is 30.2 Å². The standard InChI is InChI=1S/C23H34NO4/c1-5-6-7-22(26)24-13-19(23(3,15-24)16(2)25)18-10-11-20(27-4)21(12-18)28-14-17-8-9-17/h7,10-12,16-17,19,25H,5-6,8-9,13-15H2,1-4H3/t16-,19+,23+/m1/s1. The first-order chi connectivity index (χ1) is 13.4. The molecule has 1 aliphatic carbocycles. The van der Waals surface area contributed by atoms with E-state index in [-0.39, 0.29) is 11.8 Å². The highest BCUT2D eigenvalue weighted by molar-refractivity contribution is 5.85. The SMILES string of the molecule is CCC[CH]C(=O)N1C[C@@H](c2ccc(OC)c(OCC3CC3)c2)[C@](C)([C@@H](C)O)C1. The van der Waals surface area contributed by atoms with Crippen LogP contribution in [0.4, 0.5) is 0 Å². The first-order valence-corrected chi connectivity index (χ1v) is 10.5. The molecule has 0 aromatic heterocycles. The van der Waals surface area contributed by atoms with Gasteiger partial charge in [-0.3, -0.25) is 4.79 Å². The number of carbonyl (C=O) groups is 1. The molecule has 1 radical (unpaired) electrons. The number of amides is 1. The Morgan fingerprint density at radius 3 is 2.75 bits per heavy atom. The van der Waals surface area contributed by atoms with Crippen LogP contribution in [0.15, 0.2) is 18.2 Å². The van der Waals surface area contributed by atoms with Gasteiger partial charge in [0, 0.05) is 30.8 Å². The molecule has 0 unspecified atom stereocenters. The Kier molecular flexibility index (Phi) is 6.54. The molecule has 1 heterocycles. The fourth-order valence-corrected chi connectivity index (χ4v) is 4.00. The molecule has 3 rings (SSSR count). The van der Waals surface area contributed by atoms with Crippen LogP contribution in [0, 0.1) is 17.8 Å². The Morgan fingerprint density at radius 1 is 1.39 bits per heavy atom. The molecule has 28 heavy (non-hydrogen) atoms. The molecule has 1 aromatic rings. The van der Waals surface area contributed by atoms with Gasteiger partial charge in [0.1, 0.15) is 0 Å². The number of aliphatic hydroxyl groups excluding tert-OH is 1. The van der Waals surface area contributed by atoms with Crippen molar-refractivity contribution in [2.24, 2.45) is 11.3 Å². The number of aliphatic hydroxyl groups is 1. The molecular weight excluding hydrogens is 354 g/mol. The van der Waals surface area contributed by atoms with E-state index < -0.39 is 11.5 Å². The van der Waals surface area contributed by atoms with Gasteiger partial charge in [-0.2, -0.15) is 0 Å². The van der Waals surface area contributed by atoms with E-state index in [2.05, 4.69) is 13.8 Å². The maximum Gasteiger partial charge on any atom is 0.226 e. The van der Waals surface area contributed by atoms with Crippen molar-refractivity contribution in [2.75, 3.05) is 26.8 Å². The van der Waals surface area contributed by atoms with Gasteiger partial charge in [0.05, 0.1) is 19.8 Å². The molecule has 1 N–H and O–H groups in total. The lowest BCUT2D eigenvalue weighted by molar-refractivity contribution is -0.127. The second kappa shape index (κ2) is 8.73. The van der Waals surface area contributed by atoms with Gasteiger partial charge in [0.2, 0.25) is 5.91 Å². The molecule has 2 aliphatic rings. The van der Waals surface area contributed by atoms with E-state index in [9.17, 15) is 9.90 Å². The second-order valence-corrected chi connectivity index (χ2v) is 8.61. The topological polar surface area (TPSA) is 59.0 Å². The Morgan fingerprint density at radius 2 is 2.14 bits per heavy atom. The molecule has 1 aromatic carbocycles. The van der Waals surface area contributed by atoms with Crippen LogP contribution in [0.1, 0.15) is 57.9 Å². The minimum absolute atomic E-state index is 0.0423. The largest absolute Gasteiger partial charge is 0.493 e. The number of likely N-dealkylation sites (tertiary alicyclic amines) is 1. The van der Waals surface area contributed by atoms with Crippen molar-refractivity contribution in [1.82, 2.24) is 4.90 Å². The minimum Gasteiger partial charge on any atom is -0.493 e. The molecule has 0 bridgehead atoms. The Hall–Kier alpha value is -1.75. The summed E-state index contributed by atoms with van der Waals surface area (Å²) in [6, 6.07) is 6.02. The Labute approximate surface area is 169 Å². The van der Waals surface area contributed by atoms with Gasteiger partial charge in [0.25, 0.3) is 0 Å². The summed E-state index contributed by atoms with van der Waals surface area (Å²) in [5.74, 6) is 2.24. The maximum atomic E-state index is 12.6. The van der Waals surface area contributed by atoms with Gasteiger partial charge in [0.15, 0.2) is 11.5 Å². The summed E-state index contributed by atoms with van der Waals surface area (Å²) in [5.41, 5.74) is 0.679. The molecule has 2 fully saturated rings. The van der Waals surface area contributed by atoms with Gasteiger partial charge in [-0.15, -0.1) is 0 Å². The van der Waals surface area contributed by atoms with Crippen molar-refractivity contribution >= 4 is 5.91 Å². The van der Waals surface area contributed by atoms with Crippen molar-refractivity contribution in [1.29, 1.82) is 0 Å². The summed E-state index contributed by atoms with van der Waals surface area (Å²) < 4.78 is 11.5. The van der Waals surface area contributed by atoms with Crippen LogP contribution < -0.4 is 9.47 Å². The lowest BCUT2D eigenvalue weighted by atomic mass is 9.72. The lowest BCUT2D eigenvalue weighted by Crippen LogP contribution is -2.38. The number of benzene rings is 1. The van der Waals surface area contributed by atoms with E-state index in [0.717, 1.165) is 36.5 Å². The van der Waals surface area contributed by atoms with Crippen molar-refractivity contribution in [3.63, 3.8) is 0 Å². The monoisotopic (exact) mass is 388 g/mol. The highest BCUT2D eigenvalue weighted by atomic mass is 16.5. The summed E-state index contributed by atoms with van der Waals surface area (Å²) in [5, 5.41) is 10.6. The average Bonchev–Trinajstić information content (AvgIpc) is 3.44. The third-order valence-electron chi connectivity index (χ3n) is 6.37. The molecule has 1 saturated carbocycles. The van der Waals surface area contributed by atoms with Gasteiger partial charge in [-0.1, -0.05) is 26.3 Å². The number of nitrogens with zero attached hydrogens (tertiary/aromatic N) is 1. The van der Waals surface area contributed by atoms with Crippen LogP contribution in [-0.2, 0) is 4.79 Å². The zero-order chi connectivity index (χ0) is 20.3. The highest BCUT2D eigenvalue weighted by Gasteiger charge is 2.48. The van der Waals surface area contributed by atoms with E-state index in [1.807, 2.05) is 30.0 Å². The summed E-state index contributed by atoms with van der Waals surface area (Å²) in [6.07, 6.45) is 5.44. The smallest absolute Gasteiger partial charge is 0.226 e. The van der Waals surface area contributed by atoms with E-state index in [4.69, 9.17) is 9.47 Å². The zero-order valence-electron chi connectivity index (χ0n) is 17.6. The first kappa shape index (κ1) is 21.0. The van der Waals surface area contributed by atoms with Gasteiger partial charge in [-0.25, -0.2) is 0 Å². The number of hydrogen-bond donors (Lipinski definition) is 1. The van der Waals surface area contributed by atoms with Crippen LogP contribution in [0.2, 0.25) is 0 Å². The third kappa shape index (κ3) is 4.45. The van der Waals surface area contributed by atoms with Crippen LogP contribution in [0.5, 0.6) is 11.5 Å². The van der Waals surface area contributed by atoms with E-state index >= 15 is 0 Å². The number of ether oxygens (including phenoxy) is 2. The maximum absolute atomic E-state index is 12.6. The number of rotatable bonds is 9. The van der Waals surface area contributed by atoms with Gasteiger partial charge < -0.3 is 19.5 Å². The normalized spacial score (nSPS) is 25.6. The average molecular weight is 389 g/mol. The number of carbonyl (C=O) groups excluding carboxylic acids is 1. The summed E-state index contributed by atoms with van der Waals surface area (Å²) >= 11 is 0. The van der Waals surface area contributed by atoms with Crippen LogP contribution in [0.3, 0.4) is 0 Å². The Balaban J connectivity index is 1.84. The van der Waals surface area contributed by atoms with Crippen LogP contribution in [0.25, 0.3) is 0 Å². The quantitative estimate of drug-likeness (QED) is 0.699. The molecule has 1 aliphatic heterocycles. The summed E-state index contributed by atoms with van der Waals surface area (Å²) in [6.45, 7) is 7.84. The Bertz CT molecular complexity index is 685. The molecule has 3 atom stereocenters. The molecular formula is C23H34NO4. The van der Waals surface area contributed by atoms with Crippen molar-refractivity contribution < 1.29 is 19.4 Å². The molecule has 1 saturated heterocycles. The number of hydrogen-bond acceptors (Lipinski definition) is 4. The second-order valence-electron chi connectivity index (χ2n) is 8.61. The van der Waals surface area contributed by atoms with E-state index in [0.29, 0.717) is 19.0 Å². The fraction of sp³-hybridized carbons (Fsp3) is 0.652. The minimum atomic E-state index is -0.528. The van der Waals surface area contributed by atoms with Crippen LogP contribution >= 0.6 is 0 Å². The molecule has 1 amide bonds. The first-order valence-electron chi connectivity index (χ1n) is 10.5. The number of unbranched alkanes of at least 4 members (excludes halogenated alkanes) is 1. The van der Waals surface area contributed by atoms with E-state index in [1.165, 1.54) is 12.8 Å². The van der Waals surface area contributed by atoms with Gasteiger partial charge >= 0.3 is 0 Å². The third-order valence-corrected chi connectivity index (χ3v) is 6.37. The summed E-state index contributed by atoms with van der Waals surface area (Å²) in [4.78, 5) is 14.5. The predicted octanol–water partition coefficient (Wildman–Crippen LogP) is 3.80. The number of methoxy groups -OCH3 is 1. The highest BCUT2D eigenvalue weighted by Crippen LogP contribution is 2.47. The molecule has 155 valence electrons. The summed E-state index contributed by atoms with van der Waals surface area (Å²) in [7, 11) is 1.65. The molecule has 0 spiro atoms.